The van der Waals surface area contributed by atoms with Crippen LogP contribution in [-0.4, -0.2) is 6.29 Å². The van der Waals surface area contributed by atoms with E-state index >= 15 is 0 Å². The predicted molar refractivity (Wildman–Crippen MR) is 46.3 cm³/mol. The van der Waals surface area contributed by atoms with Gasteiger partial charge in [-0.2, -0.15) is 5.26 Å². The minimum Gasteiger partial charge on any atom is -0.298 e. The molecule has 0 saturated carbocycles. The molecule has 0 saturated heterocycles. The lowest BCUT2D eigenvalue weighted by molar-refractivity contribution is 0.112. The van der Waals surface area contributed by atoms with Gasteiger partial charge in [-0.05, 0) is 24.6 Å². The molecule has 0 radical (unpaired) electrons. The molecule has 0 aliphatic rings. The summed E-state index contributed by atoms with van der Waals surface area (Å²) in [6.45, 7) is 1.77. The van der Waals surface area contributed by atoms with Crippen LogP contribution in [0.4, 0.5) is 0 Å². The van der Waals surface area contributed by atoms with E-state index < -0.39 is 0 Å². The van der Waals surface area contributed by atoms with Crippen LogP contribution in [0.5, 0.6) is 0 Å². The molecule has 0 heterocycles. The number of nitrogens with zero attached hydrogens (tertiary/aromatic N) is 1. The summed E-state index contributed by atoms with van der Waals surface area (Å²) in [5.41, 5.74) is 1.63. The van der Waals surface area contributed by atoms with Gasteiger partial charge >= 0.3 is 0 Å². The molecule has 0 atom stereocenters. The van der Waals surface area contributed by atoms with Crippen molar-refractivity contribution < 1.29 is 4.79 Å². The number of carbonyl (C=O) groups is 1. The van der Waals surface area contributed by atoms with Gasteiger partial charge in [0.15, 0.2) is 0 Å². The van der Waals surface area contributed by atoms with Gasteiger partial charge in [-0.1, -0.05) is 11.6 Å². The second-order valence-electron chi connectivity index (χ2n) is 2.42. The number of hydrogen-bond acceptors (Lipinski definition) is 2. The van der Waals surface area contributed by atoms with Crippen molar-refractivity contribution in [2.75, 3.05) is 0 Å². The minimum atomic E-state index is 0.337. The second kappa shape index (κ2) is 3.38. The molecule has 0 aliphatic heterocycles. The van der Waals surface area contributed by atoms with Crippen LogP contribution in [0.3, 0.4) is 0 Å². The zero-order valence-corrected chi connectivity index (χ0v) is 7.22. The van der Waals surface area contributed by atoms with E-state index in [9.17, 15) is 4.79 Å². The highest BCUT2D eigenvalue weighted by Crippen LogP contribution is 2.19. The Hall–Kier alpha value is -1.33. The van der Waals surface area contributed by atoms with Crippen molar-refractivity contribution in [3.8, 4) is 6.07 Å². The average molecular weight is 180 g/mol. The maximum absolute atomic E-state index is 10.5. The van der Waals surface area contributed by atoms with Gasteiger partial charge in [0.2, 0.25) is 0 Å². The normalized spacial score (nSPS) is 9.08. The molecule has 12 heavy (non-hydrogen) atoms. The summed E-state index contributed by atoms with van der Waals surface area (Å²) in [7, 11) is 0. The quantitative estimate of drug-likeness (QED) is 0.621. The van der Waals surface area contributed by atoms with Gasteiger partial charge in [0, 0.05) is 5.56 Å². The Bertz CT molecular complexity index is 366. The Morgan fingerprint density at radius 1 is 1.58 bits per heavy atom. The number of halogens is 1. The fourth-order valence-electron chi connectivity index (χ4n) is 0.902. The monoisotopic (exact) mass is 179 g/mol. The van der Waals surface area contributed by atoms with Crippen molar-refractivity contribution in [1.29, 1.82) is 5.26 Å². The lowest BCUT2D eigenvalue weighted by atomic mass is 10.1. The van der Waals surface area contributed by atoms with Crippen LogP contribution >= 0.6 is 11.6 Å². The third kappa shape index (κ3) is 1.46. The van der Waals surface area contributed by atoms with E-state index in [1.165, 1.54) is 6.07 Å². The zero-order chi connectivity index (χ0) is 9.14. The van der Waals surface area contributed by atoms with Gasteiger partial charge in [0.05, 0.1) is 10.6 Å². The van der Waals surface area contributed by atoms with E-state index in [-0.39, 0.29) is 0 Å². The summed E-state index contributed by atoms with van der Waals surface area (Å²) < 4.78 is 0. The molecule has 0 amide bonds. The summed E-state index contributed by atoms with van der Waals surface area (Å²) in [4.78, 5) is 10.5. The first-order chi connectivity index (χ1) is 5.69. The van der Waals surface area contributed by atoms with Crippen molar-refractivity contribution in [3.05, 3.63) is 33.8 Å². The van der Waals surface area contributed by atoms with E-state index in [1.807, 2.05) is 6.07 Å². The number of rotatable bonds is 1. The van der Waals surface area contributed by atoms with Crippen molar-refractivity contribution in [3.63, 3.8) is 0 Å². The van der Waals surface area contributed by atoms with Crippen LogP contribution in [0.15, 0.2) is 12.1 Å². The number of aryl methyl sites for hydroxylation is 1. The van der Waals surface area contributed by atoms with Gasteiger partial charge < -0.3 is 0 Å². The maximum Gasteiger partial charge on any atom is 0.150 e. The molecule has 0 bridgehead atoms. The molecule has 1 rings (SSSR count). The van der Waals surface area contributed by atoms with Crippen molar-refractivity contribution >= 4 is 17.9 Å². The van der Waals surface area contributed by atoms with Gasteiger partial charge in [0.25, 0.3) is 0 Å². The number of nitriles is 1. The molecular weight excluding hydrogens is 174 g/mol. The Labute approximate surface area is 75.4 Å². The van der Waals surface area contributed by atoms with Crippen LogP contribution in [0.25, 0.3) is 0 Å². The van der Waals surface area contributed by atoms with Gasteiger partial charge in [-0.3, -0.25) is 4.79 Å². The molecule has 0 aliphatic carbocycles. The summed E-state index contributed by atoms with van der Waals surface area (Å²) in [5, 5.41) is 8.97. The highest BCUT2D eigenvalue weighted by Gasteiger charge is 2.03. The Kier molecular flexibility index (Phi) is 2.47. The summed E-state index contributed by atoms with van der Waals surface area (Å²) in [6, 6.07) is 5.01. The Morgan fingerprint density at radius 3 is 2.75 bits per heavy atom. The second-order valence-corrected chi connectivity index (χ2v) is 2.83. The molecule has 0 fully saturated rings. The van der Waals surface area contributed by atoms with E-state index in [0.717, 1.165) is 5.56 Å². The smallest absolute Gasteiger partial charge is 0.150 e. The fraction of sp³-hybridized carbons (Fsp3) is 0.111. The zero-order valence-electron chi connectivity index (χ0n) is 6.47. The van der Waals surface area contributed by atoms with E-state index in [4.69, 9.17) is 16.9 Å². The predicted octanol–water partition coefficient (Wildman–Crippen LogP) is 2.33. The first-order valence-corrected chi connectivity index (χ1v) is 3.72. The van der Waals surface area contributed by atoms with E-state index in [2.05, 4.69) is 0 Å². The van der Waals surface area contributed by atoms with Crippen LogP contribution in [-0.2, 0) is 0 Å². The van der Waals surface area contributed by atoms with Crippen LogP contribution in [0.2, 0.25) is 5.02 Å². The number of aldehydes is 1. The molecule has 1 aromatic carbocycles. The molecular formula is C9H6ClNO. The molecule has 0 unspecified atom stereocenters. The van der Waals surface area contributed by atoms with Crippen molar-refractivity contribution in [1.82, 2.24) is 0 Å². The van der Waals surface area contributed by atoms with Gasteiger partial charge in [-0.25, -0.2) is 0 Å². The minimum absolute atomic E-state index is 0.337. The first-order valence-electron chi connectivity index (χ1n) is 3.34. The average Bonchev–Trinajstić information content (AvgIpc) is 2.05. The largest absolute Gasteiger partial charge is 0.298 e. The molecule has 3 heteroatoms. The third-order valence-electron chi connectivity index (χ3n) is 1.60. The Balaban J connectivity index is 3.39. The van der Waals surface area contributed by atoms with E-state index in [0.29, 0.717) is 22.4 Å². The molecule has 0 aromatic heterocycles. The van der Waals surface area contributed by atoms with Crippen molar-refractivity contribution in [2.45, 2.75) is 6.92 Å². The highest BCUT2D eigenvalue weighted by molar-refractivity contribution is 6.31. The highest BCUT2D eigenvalue weighted by atomic mass is 35.5. The van der Waals surface area contributed by atoms with Crippen LogP contribution in [0.1, 0.15) is 21.5 Å². The third-order valence-corrected chi connectivity index (χ3v) is 1.92. The standard InChI is InChI=1S/C9H6ClNO/c1-6-2-9(10)7(4-11)3-8(6)5-12/h2-3,5H,1H3. The summed E-state index contributed by atoms with van der Waals surface area (Å²) in [5.74, 6) is 0. The first kappa shape index (κ1) is 8.76. The van der Waals surface area contributed by atoms with Gasteiger partial charge in [0.1, 0.15) is 12.4 Å². The summed E-state index contributed by atoms with van der Waals surface area (Å²) >= 11 is 5.72. The molecule has 0 N–H and O–H groups in total. The number of carbonyl (C=O) groups excluding carboxylic acids is 1. The maximum atomic E-state index is 10.5. The number of hydrogen-bond donors (Lipinski definition) is 0. The molecule has 60 valence electrons. The van der Waals surface area contributed by atoms with Crippen molar-refractivity contribution in [2.24, 2.45) is 0 Å². The summed E-state index contributed by atoms with van der Waals surface area (Å²) in [6.07, 6.45) is 0.715. The van der Waals surface area contributed by atoms with Crippen LogP contribution in [0, 0.1) is 18.3 Å². The lowest BCUT2D eigenvalue weighted by Gasteiger charge is -1.99. The fourth-order valence-corrected chi connectivity index (χ4v) is 1.16. The van der Waals surface area contributed by atoms with Gasteiger partial charge in [-0.15, -0.1) is 0 Å². The van der Waals surface area contributed by atoms with E-state index in [1.54, 1.807) is 13.0 Å². The SMILES string of the molecule is Cc1cc(Cl)c(C#N)cc1C=O. The lowest BCUT2D eigenvalue weighted by Crippen LogP contribution is -1.88. The molecule has 0 spiro atoms. The molecule has 2 nitrogen and oxygen atoms in total. The molecule has 1 aromatic rings. The topological polar surface area (TPSA) is 40.9 Å². The number of benzene rings is 1. The van der Waals surface area contributed by atoms with Crippen LogP contribution < -0.4 is 0 Å². The Morgan fingerprint density at radius 2 is 2.25 bits per heavy atom.